The molecule has 0 aromatic heterocycles. The maximum Gasteiger partial charge on any atom is 0.358 e. The summed E-state index contributed by atoms with van der Waals surface area (Å²) >= 11 is 0. The molecule has 0 aliphatic carbocycles. The van der Waals surface area contributed by atoms with Crippen LogP contribution in [0, 0.1) is 5.82 Å². The van der Waals surface area contributed by atoms with E-state index in [0.29, 0.717) is 19.1 Å². The zero-order chi connectivity index (χ0) is 16.9. The molecular weight excluding hydrogens is 309 g/mol. The van der Waals surface area contributed by atoms with Crippen LogP contribution in [0.2, 0.25) is 0 Å². The Hall–Kier alpha value is -2.89. The number of nitrogens with zero attached hydrogens (tertiary/aromatic N) is 1. The normalized spacial score (nSPS) is 13.8. The summed E-state index contributed by atoms with van der Waals surface area (Å²) in [6, 6.07) is 13.6. The number of halogens is 1. The van der Waals surface area contributed by atoms with E-state index in [-0.39, 0.29) is 18.3 Å². The summed E-state index contributed by atoms with van der Waals surface area (Å²) in [7, 11) is 0. The smallest absolute Gasteiger partial charge is 0.358 e. The van der Waals surface area contributed by atoms with Gasteiger partial charge in [-0.05, 0) is 48.9 Å². The molecule has 0 unspecified atom stereocenters. The Morgan fingerprint density at radius 3 is 2.54 bits per heavy atom. The maximum absolute atomic E-state index is 13.0. The lowest BCUT2D eigenvalue weighted by Gasteiger charge is -2.13. The number of guanidine groups is 1. The molecule has 5 nitrogen and oxygen atoms in total. The second-order valence-corrected chi connectivity index (χ2v) is 5.39. The van der Waals surface area contributed by atoms with Gasteiger partial charge < -0.3 is 4.74 Å². The number of nitrogens with one attached hydrogen (secondary N) is 2. The van der Waals surface area contributed by atoms with Gasteiger partial charge in [-0.2, -0.15) is 4.90 Å². The second kappa shape index (κ2) is 7.12. The second-order valence-electron chi connectivity index (χ2n) is 5.39. The molecule has 0 atom stereocenters. The highest BCUT2D eigenvalue weighted by Crippen LogP contribution is 2.16. The van der Waals surface area contributed by atoms with Crippen molar-refractivity contribution in [2.75, 3.05) is 18.5 Å². The Labute approximate surface area is 139 Å². The fourth-order valence-corrected chi connectivity index (χ4v) is 2.46. The molecule has 1 aliphatic rings. The first kappa shape index (κ1) is 16.0. The summed E-state index contributed by atoms with van der Waals surface area (Å²) in [5.74, 6) is 1.09. The van der Waals surface area contributed by atoms with Crippen molar-refractivity contribution in [2.45, 2.75) is 13.5 Å². The third-order valence-corrected chi connectivity index (χ3v) is 3.66. The summed E-state index contributed by atoms with van der Waals surface area (Å²) in [6.45, 7) is 3.17. The van der Waals surface area contributed by atoms with Gasteiger partial charge >= 0.3 is 11.9 Å². The summed E-state index contributed by atoms with van der Waals surface area (Å²) in [4.78, 5) is 16.8. The molecule has 1 heterocycles. The Bertz CT molecular complexity index is 742. The van der Waals surface area contributed by atoms with E-state index < -0.39 is 0 Å². The van der Waals surface area contributed by atoms with Gasteiger partial charge in [0.25, 0.3) is 0 Å². The van der Waals surface area contributed by atoms with Crippen LogP contribution in [0.1, 0.15) is 12.5 Å². The van der Waals surface area contributed by atoms with E-state index in [1.807, 2.05) is 31.2 Å². The quantitative estimate of drug-likeness (QED) is 0.865. The monoisotopic (exact) mass is 328 g/mol. The summed E-state index contributed by atoms with van der Waals surface area (Å²) in [5.41, 5.74) is 1.71. The highest BCUT2D eigenvalue weighted by atomic mass is 19.1. The number of benzene rings is 2. The minimum atomic E-state index is -0.290. The van der Waals surface area contributed by atoms with Crippen LogP contribution in [0.4, 0.5) is 10.1 Å². The van der Waals surface area contributed by atoms with E-state index in [0.717, 1.165) is 17.0 Å². The van der Waals surface area contributed by atoms with Gasteiger partial charge in [0.15, 0.2) is 6.54 Å². The van der Waals surface area contributed by atoms with Gasteiger partial charge in [0.1, 0.15) is 18.1 Å². The molecular formula is C18H19FN3O2+. The molecule has 0 saturated heterocycles. The third-order valence-electron chi connectivity index (χ3n) is 3.66. The van der Waals surface area contributed by atoms with Crippen LogP contribution < -0.4 is 15.0 Å². The van der Waals surface area contributed by atoms with Crippen LogP contribution in [-0.4, -0.2) is 29.9 Å². The number of amides is 1. The molecule has 2 aromatic rings. The molecule has 1 aliphatic heterocycles. The highest BCUT2D eigenvalue weighted by Gasteiger charge is 2.32. The number of rotatable bonds is 5. The Morgan fingerprint density at radius 1 is 1.17 bits per heavy atom. The Kier molecular flexibility index (Phi) is 4.74. The summed E-state index contributed by atoms with van der Waals surface area (Å²) in [6.07, 6.45) is 0. The van der Waals surface area contributed by atoms with Crippen molar-refractivity contribution in [3.63, 3.8) is 0 Å². The van der Waals surface area contributed by atoms with Crippen molar-refractivity contribution in [3.05, 3.63) is 59.9 Å². The molecule has 1 amide bonds. The van der Waals surface area contributed by atoms with Crippen LogP contribution >= 0.6 is 0 Å². The maximum atomic E-state index is 13.0. The standard InChI is InChI=1S/C18H18FN3O2/c1-2-24-16-9-7-15(8-10-16)21-18-20-11-17(23)22(18)12-13-3-5-14(19)6-4-13/h3-10H,2,11-12H2,1H3,(H,20,21)/p+1. The van der Waals surface area contributed by atoms with Gasteiger partial charge in [-0.1, -0.05) is 12.1 Å². The van der Waals surface area contributed by atoms with Crippen molar-refractivity contribution in [3.8, 4) is 5.75 Å². The van der Waals surface area contributed by atoms with E-state index in [9.17, 15) is 9.18 Å². The molecule has 0 saturated carbocycles. The van der Waals surface area contributed by atoms with Crippen LogP contribution in [0.15, 0.2) is 48.5 Å². The SMILES string of the molecule is CCOc1ccc(NC2=[NH+]CC(=O)N2Cc2ccc(F)cc2)cc1. The van der Waals surface area contributed by atoms with Gasteiger partial charge in [-0.25, -0.2) is 9.71 Å². The Balaban J connectivity index is 1.69. The molecule has 6 heteroatoms. The zero-order valence-electron chi connectivity index (χ0n) is 13.4. The van der Waals surface area contributed by atoms with Gasteiger partial charge in [-0.3, -0.25) is 9.79 Å². The van der Waals surface area contributed by atoms with E-state index in [1.165, 1.54) is 12.1 Å². The molecule has 0 spiro atoms. The van der Waals surface area contributed by atoms with E-state index in [4.69, 9.17) is 4.74 Å². The average Bonchev–Trinajstić information content (AvgIpc) is 2.92. The fourth-order valence-electron chi connectivity index (χ4n) is 2.46. The third kappa shape index (κ3) is 3.71. The molecule has 24 heavy (non-hydrogen) atoms. The van der Waals surface area contributed by atoms with E-state index in [1.54, 1.807) is 17.0 Å². The molecule has 0 fully saturated rings. The minimum Gasteiger partial charge on any atom is -0.494 e. The lowest BCUT2D eigenvalue weighted by atomic mass is 10.2. The van der Waals surface area contributed by atoms with Crippen LogP contribution in [0.5, 0.6) is 5.75 Å². The van der Waals surface area contributed by atoms with Gasteiger partial charge in [0.05, 0.1) is 12.3 Å². The number of hydrogen-bond acceptors (Lipinski definition) is 3. The van der Waals surface area contributed by atoms with E-state index >= 15 is 0 Å². The largest absolute Gasteiger partial charge is 0.494 e. The van der Waals surface area contributed by atoms with Crippen molar-refractivity contribution in [2.24, 2.45) is 0 Å². The molecule has 124 valence electrons. The average molecular weight is 328 g/mol. The Morgan fingerprint density at radius 2 is 1.88 bits per heavy atom. The molecule has 2 aromatic carbocycles. The van der Waals surface area contributed by atoms with Gasteiger partial charge in [-0.15, -0.1) is 0 Å². The lowest BCUT2D eigenvalue weighted by Crippen LogP contribution is -2.72. The van der Waals surface area contributed by atoms with Crippen LogP contribution in [0.25, 0.3) is 0 Å². The first-order valence-electron chi connectivity index (χ1n) is 7.81. The molecule has 0 bridgehead atoms. The van der Waals surface area contributed by atoms with Crippen LogP contribution in [0.3, 0.4) is 0 Å². The number of hydrogen-bond donors (Lipinski definition) is 2. The molecule has 0 radical (unpaired) electrons. The summed E-state index contributed by atoms with van der Waals surface area (Å²) < 4.78 is 18.4. The predicted molar refractivity (Wildman–Crippen MR) is 89.0 cm³/mol. The lowest BCUT2D eigenvalue weighted by molar-refractivity contribution is -0.438. The minimum absolute atomic E-state index is 0.0345. The zero-order valence-corrected chi connectivity index (χ0v) is 13.4. The van der Waals surface area contributed by atoms with Crippen LogP contribution in [-0.2, 0) is 11.3 Å². The van der Waals surface area contributed by atoms with Crippen molar-refractivity contribution >= 4 is 17.6 Å². The first-order valence-corrected chi connectivity index (χ1v) is 7.81. The summed E-state index contributed by atoms with van der Waals surface area (Å²) in [5, 5.41) is 3.20. The number of ether oxygens (including phenoxy) is 1. The molecule has 3 rings (SSSR count). The first-order chi connectivity index (χ1) is 11.7. The highest BCUT2D eigenvalue weighted by molar-refractivity contribution is 6.04. The molecule has 2 N–H and O–H groups in total. The van der Waals surface area contributed by atoms with E-state index in [2.05, 4.69) is 10.3 Å². The topological polar surface area (TPSA) is 55.5 Å². The number of carbonyl (C=O) groups excluding carboxylic acids is 1. The van der Waals surface area contributed by atoms with Crippen molar-refractivity contribution < 1.29 is 18.9 Å². The van der Waals surface area contributed by atoms with Gasteiger partial charge in [0.2, 0.25) is 0 Å². The van der Waals surface area contributed by atoms with Gasteiger partial charge in [0, 0.05) is 0 Å². The van der Waals surface area contributed by atoms with Crippen molar-refractivity contribution in [1.29, 1.82) is 0 Å². The predicted octanol–water partition coefficient (Wildman–Crippen LogP) is 1.12. The van der Waals surface area contributed by atoms with Crippen molar-refractivity contribution in [1.82, 2.24) is 4.90 Å². The fraction of sp³-hybridized carbons (Fsp3) is 0.222. The number of carbonyl (C=O) groups is 1. The number of anilines is 1.